The van der Waals surface area contributed by atoms with Crippen LogP contribution in [-0.4, -0.2) is 38.8 Å². The number of benzene rings is 1. The summed E-state index contributed by atoms with van der Waals surface area (Å²) in [6.07, 6.45) is 0.645. The predicted molar refractivity (Wildman–Crippen MR) is 82.0 cm³/mol. The van der Waals surface area contributed by atoms with E-state index in [0.717, 1.165) is 10.0 Å². The molecule has 0 radical (unpaired) electrons. The van der Waals surface area contributed by atoms with E-state index in [1.54, 1.807) is 18.2 Å². The number of hydrogen-bond acceptors (Lipinski definition) is 3. The summed E-state index contributed by atoms with van der Waals surface area (Å²) in [6.45, 7) is 3.85. The second-order valence-corrected chi connectivity index (χ2v) is 7.22. The molecule has 1 aromatic rings. The van der Waals surface area contributed by atoms with Crippen molar-refractivity contribution in [3.05, 3.63) is 28.2 Å². The van der Waals surface area contributed by atoms with Gasteiger partial charge in [-0.2, -0.15) is 4.31 Å². The lowest BCUT2D eigenvalue weighted by molar-refractivity contribution is -0.120. The summed E-state index contributed by atoms with van der Waals surface area (Å²) in [5.41, 5.74) is 0.836. The zero-order chi connectivity index (χ0) is 15.3. The lowest BCUT2D eigenvalue weighted by Crippen LogP contribution is -2.40. The van der Waals surface area contributed by atoms with E-state index in [-0.39, 0.29) is 17.3 Å². The Kier molecular flexibility index (Phi) is 6.16. The van der Waals surface area contributed by atoms with E-state index in [9.17, 15) is 13.2 Å². The molecule has 5 nitrogen and oxygen atoms in total. The first-order valence-electron chi connectivity index (χ1n) is 6.29. The highest BCUT2D eigenvalue weighted by atomic mass is 79.9. The minimum atomic E-state index is -3.66. The molecule has 0 unspecified atom stereocenters. The number of hydrogen-bond donors (Lipinski definition) is 1. The van der Waals surface area contributed by atoms with Gasteiger partial charge in [-0.05, 0) is 37.1 Å². The molecular weight excluding hydrogens is 344 g/mol. The SMILES string of the molecule is CCCN(CC(=O)NC)S(=O)(=O)c1ccc(Br)c(C)c1. The number of aryl methyl sites for hydroxylation is 1. The molecule has 20 heavy (non-hydrogen) atoms. The van der Waals surface area contributed by atoms with Gasteiger partial charge >= 0.3 is 0 Å². The average Bonchev–Trinajstić information content (AvgIpc) is 2.40. The lowest BCUT2D eigenvalue weighted by atomic mass is 10.2. The Morgan fingerprint density at radius 1 is 1.40 bits per heavy atom. The number of nitrogens with one attached hydrogen (secondary N) is 1. The fourth-order valence-corrected chi connectivity index (χ4v) is 3.52. The van der Waals surface area contributed by atoms with E-state index >= 15 is 0 Å². The van der Waals surface area contributed by atoms with Crippen molar-refractivity contribution in [3.63, 3.8) is 0 Å². The van der Waals surface area contributed by atoms with Crippen LogP contribution in [0.4, 0.5) is 0 Å². The molecule has 0 bridgehead atoms. The van der Waals surface area contributed by atoms with E-state index in [0.29, 0.717) is 13.0 Å². The number of carbonyl (C=O) groups excluding carboxylic acids is 1. The van der Waals surface area contributed by atoms with Crippen LogP contribution in [0.25, 0.3) is 0 Å². The van der Waals surface area contributed by atoms with Gasteiger partial charge in [0.1, 0.15) is 0 Å². The van der Waals surface area contributed by atoms with Crippen LogP contribution in [0.2, 0.25) is 0 Å². The molecule has 0 saturated heterocycles. The molecule has 0 aliphatic rings. The lowest BCUT2D eigenvalue weighted by Gasteiger charge is -2.21. The normalized spacial score (nSPS) is 11.7. The smallest absolute Gasteiger partial charge is 0.243 e. The van der Waals surface area contributed by atoms with E-state index in [1.807, 2.05) is 13.8 Å². The number of likely N-dealkylation sites (N-methyl/N-ethyl adjacent to an activating group) is 1. The van der Waals surface area contributed by atoms with Crippen LogP contribution in [0, 0.1) is 6.92 Å². The third kappa shape index (κ3) is 4.04. The molecule has 0 saturated carbocycles. The largest absolute Gasteiger partial charge is 0.358 e. The van der Waals surface area contributed by atoms with Gasteiger partial charge in [0, 0.05) is 18.1 Å². The van der Waals surface area contributed by atoms with Crippen LogP contribution in [0.15, 0.2) is 27.6 Å². The molecular formula is C13H19BrN2O3S. The summed E-state index contributed by atoms with van der Waals surface area (Å²) >= 11 is 3.34. The quantitative estimate of drug-likeness (QED) is 0.840. The Labute approximate surface area is 128 Å². The molecule has 0 aliphatic carbocycles. The van der Waals surface area contributed by atoms with Gasteiger partial charge in [-0.25, -0.2) is 8.42 Å². The molecule has 7 heteroatoms. The maximum atomic E-state index is 12.6. The number of amides is 1. The predicted octanol–water partition coefficient (Wildman–Crippen LogP) is 1.90. The summed E-state index contributed by atoms with van der Waals surface area (Å²) in [5, 5.41) is 2.45. The van der Waals surface area contributed by atoms with Crippen LogP contribution in [-0.2, 0) is 14.8 Å². The number of nitrogens with zero attached hydrogens (tertiary/aromatic N) is 1. The molecule has 1 aromatic carbocycles. The molecule has 0 spiro atoms. The van der Waals surface area contributed by atoms with Gasteiger partial charge < -0.3 is 5.32 Å². The second kappa shape index (κ2) is 7.19. The number of rotatable bonds is 6. The first-order chi connectivity index (χ1) is 9.32. The Hall–Kier alpha value is -0.920. The van der Waals surface area contributed by atoms with Gasteiger partial charge in [-0.3, -0.25) is 4.79 Å². The van der Waals surface area contributed by atoms with Crippen molar-refractivity contribution < 1.29 is 13.2 Å². The zero-order valence-corrected chi connectivity index (χ0v) is 14.2. The van der Waals surface area contributed by atoms with E-state index in [4.69, 9.17) is 0 Å². The number of sulfonamides is 1. The van der Waals surface area contributed by atoms with Crippen LogP contribution in [0.3, 0.4) is 0 Å². The topological polar surface area (TPSA) is 66.5 Å². The standard InChI is InChI=1S/C13H19BrN2O3S/c1-4-7-16(9-13(17)15-3)20(18,19)11-5-6-12(14)10(2)8-11/h5-6,8H,4,7,9H2,1-3H3,(H,15,17). The van der Waals surface area contributed by atoms with Gasteiger partial charge in [0.15, 0.2) is 0 Å². The fraction of sp³-hybridized carbons (Fsp3) is 0.462. The summed E-state index contributed by atoms with van der Waals surface area (Å²) in [4.78, 5) is 11.7. The van der Waals surface area contributed by atoms with Crippen molar-refractivity contribution in [2.45, 2.75) is 25.2 Å². The van der Waals surface area contributed by atoms with Crippen LogP contribution in [0.1, 0.15) is 18.9 Å². The highest BCUT2D eigenvalue weighted by Crippen LogP contribution is 2.22. The summed E-state index contributed by atoms with van der Waals surface area (Å²) < 4.78 is 27.2. The third-order valence-electron chi connectivity index (χ3n) is 2.84. The molecule has 1 rings (SSSR count). The first-order valence-corrected chi connectivity index (χ1v) is 8.53. The molecule has 0 aromatic heterocycles. The molecule has 112 valence electrons. The van der Waals surface area contributed by atoms with Crippen molar-refractivity contribution in [1.82, 2.24) is 9.62 Å². The zero-order valence-electron chi connectivity index (χ0n) is 11.8. The van der Waals surface area contributed by atoms with Crippen LogP contribution >= 0.6 is 15.9 Å². The summed E-state index contributed by atoms with van der Waals surface area (Å²) in [6, 6.07) is 4.84. The van der Waals surface area contributed by atoms with Crippen molar-refractivity contribution in [3.8, 4) is 0 Å². The number of halogens is 1. The fourth-order valence-electron chi connectivity index (χ4n) is 1.70. The highest BCUT2D eigenvalue weighted by molar-refractivity contribution is 9.10. The molecule has 0 aliphatic heterocycles. The molecule has 1 N–H and O–H groups in total. The van der Waals surface area contributed by atoms with Gasteiger partial charge in [0.25, 0.3) is 0 Å². The van der Waals surface area contributed by atoms with Gasteiger partial charge in [0.05, 0.1) is 11.4 Å². The second-order valence-electron chi connectivity index (χ2n) is 4.42. The molecule has 0 atom stereocenters. The van der Waals surface area contributed by atoms with Crippen molar-refractivity contribution in [2.24, 2.45) is 0 Å². The maximum Gasteiger partial charge on any atom is 0.243 e. The van der Waals surface area contributed by atoms with Crippen LogP contribution < -0.4 is 5.32 Å². The molecule has 0 heterocycles. The number of carbonyl (C=O) groups is 1. The van der Waals surface area contributed by atoms with Crippen molar-refractivity contribution >= 4 is 31.9 Å². The van der Waals surface area contributed by atoms with E-state index in [1.165, 1.54) is 11.4 Å². The highest BCUT2D eigenvalue weighted by Gasteiger charge is 2.25. The Balaban J connectivity index is 3.14. The maximum absolute atomic E-state index is 12.6. The molecule has 1 amide bonds. The van der Waals surface area contributed by atoms with E-state index < -0.39 is 10.0 Å². The summed E-state index contributed by atoms with van der Waals surface area (Å²) in [5.74, 6) is -0.323. The van der Waals surface area contributed by atoms with Gasteiger partial charge in [-0.1, -0.05) is 22.9 Å². The van der Waals surface area contributed by atoms with E-state index in [2.05, 4.69) is 21.2 Å². The summed E-state index contributed by atoms with van der Waals surface area (Å²) in [7, 11) is -2.17. The van der Waals surface area contributed by atoms with Gasteiger partial charge in [0.2, 0.25) is 15.9 Å². The van der Waals surface area contributed by atoms with Crippen molar-refractivity contribution in [1.29, 1.82) is 0 Å². The van der Waals surface area contributed by atoms with Crippen molar-refractivity contribution in [2.75, 3.05) is 20.1 Å². The molecule has 0 fully saturated rings. The Morgan fingerprint density at radius 3 is 2.55 bits per heavy atom. The Bertz CT molecular complexity index is 587. The average molecular weight is 363 g/mol. The van der Waals surface area contributed by atoms with Gasteiger partial charge in [-0.15, -0.1) is 0 Å². The minimum Gasteiger partial charge on any atom is -0.358 e. The third-order valence-corrected chi connectivity index (χ3v) is 5.57. The minimum absolute atomic E-state index is 0.165. The Morgan fingerprint density at radius 2 is 2.05 bits per heavy atom. The van der Waals surface area contributed by atoms with Crippen LogP contribution in [0.5, 0.6) is 0 Å². The monoisotopic (exact) mass is 362 g/mol. The first kappa shape index (κ1) is 17.1.